The van der Waals surface area contributed by atoms with Gasteiger partial charge in [-0.3, -0.25) is 14.5 Å². The maximum atomic E-state index is 12.7. The van der Waals surface area contributed by atoms with Gasteiger partial charge in [0.15, 0.2) is 5.16 Å². The van der Waals surface area contributed by atoms with E-state index in [1.54, 1.807) is 13.0 Å². The normalized spacial score (nSPS) is 12.6. The van der Waals surface area contributed by atoms with Crippen molar-refractivity contribution in [2.24, 2.45) is 0 Å². The molecule has 8 heteroatoms. The Kier molecular flexibility index (Phi) is 4.21. The molecule has 144 valence electrons. The standard InChI is InChI=1S/C21H17N5O2S/c1-12-11-18(28-25-12)24-20(27)13(2)29-21-23-15-8-4-3-7-14(15)19-22-16-9-5-6-10-17(16)26(19)21/h3-11,13H,1-2H3,(H,24,27). The average Bonchev–Trinajstić information content (AvgIpc) is 3.31. The minimum absolute atomic E-state index is 0.182. The molecule has 0 spiro atoms. The molecule has 1 N–H and O–H groups in total. The second-order valence-electron chi connectivity index (χ2n) is 6.75. The van der Waals surface area contributed by atoms with Gasteiger partial charge in [0.25, 0.3) is 0 Å². The van der Waals surface area contributed by atoms with Crippen molar-refractivity contribution in [3.8, 4) is 0 Å². The van der Waals surface area contributed by atoms with Crippen LogP contribution < -0.4 is 5.32 Å². The molecule has 3 aromatic heterocycles. The van der Waals surface area contributed by atoms with Crippen molar-refractivity contribution in [3.05, 3.63) is 60.3 Å². The van der Waals surface area contributed by atoms with Crippen LogP contribution in [0.5, 0.6) is 0 Å². The molecule has 3 heterocycles. The predicted molar refractivity (Wildman–Crippen MR) is 113 cm³/mol. The molecule has 1 unspecified atom stereocenters. The first-order chi connectivity index (χ1) is 14.1. The second kappa shape index (κ2) is 6.89. The highest BCUT2D eigenvalue weighted by molar-refractivity contribution is 8.00. The Morgan fingerprint density at radius 1 is 1.10 bits per heavy atom. The topological polar surface area (TPSA) is 85.3 Å². The SMILES string of the molecule is Cc1cc(NC(=O)C(C)Sc2nc3ccccc3c3nc4ccccc4n23)on1. The molecule has 0 radical (unpaired) electrons. The number of fused-ring (bicyclic) bond motifs is 5. The average molecular weight is 403 g/mol. The van der Waals surface area contributed by atoms with Gasteiger partial charge in [-0.1, -0.05) is 41.2 Å². The summed E-state index contributed by atoms with van der Waals surface area (Å²) >= 11 is 1.38. The number of hydrogen-bond acceptors (Lipinski definition) is 6. The summed E-state index contributed by atoms with van der Waals surface area (Å²) in [6.07, 6.45) is 0. The van der Waals surface area contributed by atoms with E-state index in [2.05, 4.69) is 10.5 Å². The Bertz CT molecular complexity index is 1370. The number of rotatable bonds is 4. The van der Waals surface area contributed by atoms with Crippen LogP contribution in [0.4, 0.5) is 5.88 Å². The Morgan fingerprint density at radius 2 is 1.86 bits per heavy atom. The first-order valence-corrected chi connectivity index (χ1v) is 10.0. The van der Waals surface area contributed by atoms with Crippen LogP contribution >= 0.6 is 11.8 Å². The van der Waals surface area contributed by atoms with Crippen LogP contribution in [0.15, 0.2) is 64.3 Å². The van der Waals surface area contributed by atoms with Crippen LogP contribution in [-0.4, -0.2) is 30.7 Å². The fourth-order valence-electron chi connectivity index (χ4n) is 3.25. The van der Waals surface area contributed by atoms with E-state index in [9.17, 15) is 4.79 Å². The zero-order chi connectivity index (χ0) is 20.0. The number of carbonyl (C=O) groups excluding carboxylic acids is 1. The number of thioether (sulfide) groups is 1. The molecule has 29 heavy (non-hydrogen) atoms. The van der Waals surface area contributed by atoms with Crippen LogP contribution in [0.2, 0.25) is 0 Å². The van der Waals surface area contributed by atoms with E-state index < -0.39 is 5.25 Å². The number of hydrogen-bond donors (Lipinski definition) is 1. The highest BCUT2D eigenvalue weighted by Crippen LogP contribution is 2.31. The third kappa shape index (κ3) is 3.11. The molecule has 7 nitrogen and oxygen atoms in total. The molecule has 5 aromatic rings. The van der Waals surface area contributed by atoms with Gasteiger partial charge in [-0.2, -0.15) is 0 Å². The van der Waals surface area contributed by atoms with Crippen LogP contribution in [0.1, 0.15) is 12.6 Å². The minimum Gasteiger partial charge on any atom is -0.338 e. The lowest BCUT2D eigenvalue weighted by atomic mass is 10.2. The van der Waals surface area contributed by atoms with Crippen molar-refractivity contribution in [2.45, 2.75) is 24.3 Å². The zero-order valence-corrected chi connectivity index (χ0v) is 16.6. The lowest BCUT2D eigenvalue weighted by Gasteiger charge is -2.12. The monoisotopic (exact) mass is 403 g/mol. The Labute approximate surface area is 170 Å². The van der Waals surface area contributed by atoms with Gasteiger partial charge >= 0.3 is 0 Å². The molecule has 0 saturated heterocycles. The molecule has 0 fully saturated rings. The summed E-state index contributed by atoms with van der Waals surface area (Å²) < 4.78 is 7.10. The van der Waals surface area contributed by atoms with Gasteiger partial charge < -0.3 is 4.52 Å². The molecule has 1 atom stereocenters. The predicted octanol–water partition coefficient (Wildman–Crippen LogP) is 4.45. The molecular formula is C21H17N5O2S. The first-order valence-electron chi connectivity index (χ1n) is 9.17. The van der Waals surface area contributed by atoms with Crippen LogP contribution in [-0.2, 0) is 4.79 Å². The lowest BCUT2D eigenvalue weighted by molar-refractivity contribution is -0.115. The van der Waals surface area contributed by atoms with Crippen molar-refractivity contribution in [1.82, 2.24) is 19.5 Å². The number of imidazole rings is 1. The highest BCUT2D eigenvalue weighted by Gasteiger charge is 2.21. The highest BCUT2D eigenvalue weighted by atomic mass is 32.2. The fourth-order valence-corrected chi connectivity index (χ4v) is 4.17. The van der Waals surface area contributed by atoms with Gasteiger partial charge in [0, 0.05) is 11.5 Å². The number of nitrogens with one attached hydrogen (secondary N) is 1. The van der Waals surface area contributed by atoms with Gasteiger partial charge in [0.05, 0.1) is 27.5 Å². The van der Waals surface area contributed by atoms with Crippen molar-refractivity contribution >= 4 is 51.1 Å². The molecule has 2 aromatic carbocycles. The van der Waals surface area contributed by atoms with E-state index in [-0.39, 0.29) is 5.91 Å². The molecule has 1 amide bonds. The summed E-state index contributed by atoms with van der Waals surface area (Å²) in [5.74, 6) is 0.156. The smallest absolute Gasteiger partial charge is 0.240 e. The lowest BCUT2D eigenvalue weighted by Crippen LogP contribution is -2.22. The number of benzene rings is 2. The van der Waals surface area contributed by atoms with Crippen molar-refractivity contribution < 1.29 is 9.32 Å². The van der Waals surface area contributed by atoms with E-state index >= 15 is 0 Å². The van der Waals surface area contributed by atoms with E-state index in [0.717, 1.165) is 27.6 Å². The maximum Gasteiger partial charge on any atom is 0.240 e. The molecule has 0 saturated carbocycles. The fraction of sp³-hybridized carbons (Fsp3) is 0.143. The molecular weight excluding hydrogens is 386 g/mol. The summed E-state index contributed by atoms with van der Waals surface area (Å²) in [6, 6.07) is 17.5. The van der Waals surface area contributed by atoms with Crippen LogP contribution in [0.25, 0.3) is 27.6 Å². The quantitative estimate of drug-likeness (QED) is 0.352. The number of carbonyl (C=O) groups is 1. The number of amides is 1. The van der Waals surface area contributed by atoms with Gasteiger partial charge in [0.1, 0.15) is 5.65 Å². The van der Waals surface area contributed by atoms with E-state index in [1.165, 1.54) is 11.8 Å². The van der Waals surface area contributed by atoms with Gasteiger partial charge in [-0.05, 0) is 38.1 Å². The summed E-state index contributed by atoms with van der Waals surface area (Å²) in [5.41, 5.74) is 4.24. The molecule has 0 bridgehead atoms. The largest absolute Gasteiger partial charge is 0.338 e. The van der Waals surface area contributed by atoms with Crippen LogP contribution in [0.3, 0.4) is 0 Å². The van der Waals surface area contributed by atoms with Gasteiger partial charge in [0.2, 0.25) is 11.8 Å². The summed E-state index contributed by atoms with van der Waals surface area (Å²) in [4.78, 5) is 22.3. The molecule has 0 aliphatic carbocycles. The molecule has 0 aliphatic heterocycles. The summed E-state index contributed by atoms with van der Waals surface area (Å²) in [7, 11) is 0. The summed E-state index contributed by atoms with van der Waals surface area (Å²) in [6.45, 7) is 3.64. The molecule has 5 rings (SSSR count). The number of aryl methyl sites for hydroxylation is 1. The number of para-hydroxylation sites is 3. The Hall–Kier alpha value is -3.39. The number of aromatic nitrogens is 4. The van der Waals surface area contributed by atoms with Crippen molar-refractivity contribution in [1.29, 1.82) is 0 Å². The maximum absolute atomic E-state index is 12.7. The molecule has 0 aliphatic rings. The second-order valence-corrected chi connectivity index (χ2v) is 8.06. The number of nitrogens with zero attached hydrogens (tertiary/aromatic N) is 4. The Morgan fingerprint density at radius 3 is 2.66 bits per heavy atom. The zero-order valence-electron chi connectivity index (χ0n) is 15.8. The third-order valence-electron chi connectivity index (χ3n) is 4.64. The Balaban J connectivity index is 1.58. The minimum atomic E-state index is -0.404. The summed E-state index contributed by atoms with van der Waals surface area (Å²) in [5, 5.41) is 7.83. The van der Waals surface area contributed by atoms with Gasteiger partial charge in [-0.15, -0.1) is 0 Å². The van der Waals surface area contributed by atoms with Gasteiger partial charge in [-0.25, -0.2) is 9.97 Å². The third-order valence-corrected chi connectivity index (χ3v) is 5.69. The first kappa shape index (κ1) is 17.7. The van der Waals surface area contributed by atoms with E-state index in [1.807, 2.05) is 59.9 Å². The van der Waals surface area contributed by atoms with Crippen LogP contribution in [0, 0.1) is 6.92 Å². The van der Waals surface area contributed by atoms with Crippen molar-refractivity contribution in [3.63, 3.8) is 0 Å². The van der Waals surface area contributed by atoms with E-state index in [4.69, 9.17) is 14.5 Å². The number of anilines is 1. The van der Waals surface area contributed by atoms with Crippen molar-refractivity contribution in [2.75, 3.05) is 5.32 Å². The van der Waals surface area contributed by atoms with E-state index in [0.29, 0.717) is 16.7 Å².